The topological polar surface area (TPSA) is 60.5 Å². The van der Waals surface area contributed by atoms with E-state index in [1.807, 2.05) is 23.1 Å². The van der Waals surface area contributed by atoms with Crippen molar-refractivity contribution in [2.45, 2.75) is 31.5 Å². The van der Waals surface area contributed by atoms with Gasteiger partial charge in [-0.05, 0) is 43.2 Å². The number of carbonyl (C=O) groups excluding carboxylic acids is 1. The zero-order chi connectivity index (χ0) is 17.9. The summed E-state index contributed by atoms with van der Waals surface area (Å²) < 4.78 is 0. The second-order valence-corrected chi connectivity index (χ2v) is 7.07. The molecule has 136 valence electrons. The lowest BCUT2D eigenvalue weighted by molar-refractivity contribution is -0.135. The zero-order valence-electron chi connectivity index (χ0n) is 15.0. The normalized spacial score (nSPS) is 26.1. The minimum atomic E-state index is -0.182. The number of hydrogen-bond acceptors (Lipinski definition) is 5. The molecule has 0 radical (unpaired) electrons. The summed E-state index contributed by atoms with van der Waals surface area (Å²) in [5, 5.41) is 0. The molecule has 4 rings (SSSR count). The summed E-state index contributed by atoms with van der Waals surface area (Å²) in [5.74, 6) is 0.189. The number of nitrogens with zero attached hydrogens (tertiary/aromatic N) is 3. The molecule has 0 saturated carbocycles. The Morgan fingerprint density at radius 1 is 1.08 bits per heavy atom. The molecule has 2 fully saturated rings. The summed E-state index contributed by atoms with van der Waals surface area (Å²) in [6.45, 7) is 4.63. The van der Waals surface area contributed by atoms with Crippen LogP contribution in [0, 0.1) is 0 Å². The number of rotatable bonds is 3. The first-order valence-electron chi connectivity index (χ1n) is 9.24. The molecule has 0 bridgehead atoms. The number of aromatic nitrogens is 1. The van der Waals surface area contributed by atoms with Crippen LogP contribution in [0.5, 0.6) is 0 Å². The van der Waals surface area contributed by atoms with Crippen LogP contribution in [0.25, 0.3) is 0 Å². The summed E-state index contributed by atoms with van der Waals surface area (Å²) in [6, 6.07) is 14.6. The highest BCUT2D eigenvalue weighted by Gasteiger charge is 2.36. The molecule has 3 unspecified atom stereocenters. The third-order valence-corrected chi connectivity index (χ3v) is 5.34. The number of amides is 1. The molecule has 1 aromatic heterocycles. The van der Waals surface area contributed by atoms with Crippen molar-refractivity contribution in [3.8, 4) is 0 Å². The van der Waals surface area contributed by atoms with Crippen LogP contribution in [0.15, 0.2) is 54.9 Å². The van der Waals surface area contributed by atoms with Crippen LogP contribution in [0.1, 0.15) is 24.9 Å². The van der Waals surface area contributed by atoms with E-state index in [1.165, 1.54) is 5.69 Å². The van der Waals surface area contributed by atoms with Crippen molar-refractivity contribution in [2.24, 2.45) is 0 Å². The predicted molar refractivity (Wildman–Crippen MR) is 101 cm³/mol. The van der Waals surface area contributed by atoms with Gasteiger partial charge in [0, 0.05) is 49.8 Å². The first-order chi connectivity index (χ1) is 12.7. The smallest absolute Gasteiger partial charge is 0.241 e. The SMILES string of the molecule is CC1CN(c2ccccc2)CCN1C(=O)C1CC(c2ccncc2)NN1. The summed E-state index contributed by atoms with van der Waals surface area (Å²) in [4.78, 5) is 21.5. The van der Waals surface area contributed by atoms with Crippen LogP contribution in [0.3, 0.4) is 0 Å². The highest BCUT2D eigenvalue weighted by molar-refractivity contribution is 5.83. The predicted octanol–water partition coefficient (Wildman–Crippen LogP) is 1.73. The average molecular weight is 351 g/mol. The summed E-state index contributed by atoms with van der Waals surface area (Å²) in [5.41, 5.74) is 8.83. The van der Waals surface area contributed by atoms with Gasteiger partial charge in [-0.15, -0.1) is 0 Å². The minimum Gasteiger partial charge on any atom is -0.368 e. The van der Waals surface area contributed by atoms with Crippen molar-refractivity contribution in [2.75, 3.05) is 24.5 Å². The van der Waals surface area contributed by atoms with Crippen molar-refractivity contribution >= 4 is 11.6 Å². The first-order valence-corrected chi connectivity index (χ1v) is 9.24. The van der Waals surface area contributed by atoms with Gasteiger partial charge in [0.1, 0.15) is 6.04 Å². The molecule has 2 aliphatic heterocycles. The van der Waals surface area contributed by atoms with E-state index < -0.39 is 0 Å². The van der Waals surface area contributed by atoms with Gasteiger partial charge in [-0.1, -0.05) is 18.2 Å². The summed E-state index contributed by atoms with van der Waals surface area (Å²) in [7, 11) is 0. The third-order valence-electron chi connectivity index (χ3n) is 5.34. The van der Waals surface area contributed by atoms with E-state index in [1.54, 1.807) is 12.4 Å². The molecule has 3 atom stereocenters. The monoisotopic (exact) mass is 351 g/mol. The molecule has 0 spiro atoms. The van der Waals surface area contributed by atoms with Crippen molar-refractivity contribution in [1.29, 1.82) is 0 Å². The molecule has 2 aliphatic rings. The van der Waals surface area contributed by atoms with Crippen molar-refractivity contribution in [3.05, 3.63) is 60.4 Å². The van der Waals surface area contributed by atoms with Crippen molar-refractivity contribution < 1.29 is 4.79 Å². The Kier molecular flexibility index (Phi) is 4.86. The Hall–Kier alpha value is -2.44. The fraction of sp³-hybridized carbons (Fsp3) is 0.400. The molecule has 1 amide bonds. The second-order valence-electron chi connectivity index (χ2n) is 7.07. The van der Waals surface area contributed by atoms with E-state index in [0.29, 0.717) is 0 Å². The molecule has 2 aromatic rings. The number of anilines is 1. The lowest BCUT2D eigenvalue weighted by atomic mass is 10.0. The Morgan fingerprint density at radius 2 is 1.85 bits per heavy atom. The van der Waals surface area contributed by atoms with E-state index in [2.05, 4.69) is 51.9 Å². The van der Waals surface area contributed by atoms with E-state index in [4.69, 9.17) is 0 Å². The Balaban J connectivity index is 1.37. The van der Waals surface area contributed by atoms with E-state index >= 15 is 0 Å². The van der Waals surface area contributed by atoms with E-state index in [-0.39, 0.29) is 24.0 Å². The van der Waals surface area contributed by atoms with Crippen LogP contribution >= 0.6 is 0 Å². The number of para-hydroxylation sites is 1. The number of pyridine rings is 1. The van der Waals surface area contributed by atoms with Crippen molar-refractivity contribution in [3.63, 3.8) is 0 Å². The number of piperazine rings is 1. The maximum absolute atomic E-state index is 13.0. The van der Waals surface area contributed by atoms with Crippen LogP contribution in [-0.2, 0) is 4.79 Å². The van der Waals surface area contributed by atoms with Crippen LogP contribution in [-0.4, -0.2) is 47.5 Å². The van der Waals surface area contributed by atoms with Crippen LogP contribution in [0.2, 0.25) is 0 Å². The van der Waals surface area contributed by atoms with E-state index in [9.17, 15) is 4.79 Å². The first kappa shape index (κ1) is 17.0. The van der Waals surface area contributed by atoms with Gasteiger partial charge in [-0.3, -0.25) is 9.78 Å². The second kappa shape index (κ2) is 7.43. The van der Waals surface area contributed by atoms with Gasteiger partial charge in [0.05, 0.1) is 0 Å². The van der Waals surface area contributed by atoms with Gasteiger partial charge in [0.15, 0.2) is 0 Å². The molecule has 0 aliphatic carbocycles. The Morgan fingerprint density at radius 3 is 2.58 bits per heavy atom. The molecule has 26 heavy (non-hydrogen) atoms. The number of hydrogen-bond donors (Lipinski definition) is 2. The van der Waals surface area contributed by atoms with Crippen molar-refractivity contribution in [1.82, 2.24) is 20.7 Å². The standard InChI is InChI=1S/C20H25N5O/c1-15-14-24(17-5-3-2-4-6-17)11-12-25(15)20(26)19-13-18(22-23-19)16-7-9-21-10-8-16/h2-10,15,18-19,22-23H,11-14H2,1H3. The van der Waals surface area contributed by atoms with Gasteiger partial charge in [-0.25, -0.2) is 10.9 Å². The number of benzene rings is 1. The molecule has 2 N–H and O–H groups in total. The lowest BCUT2D eigenvalue weighted by Crippen LogP contribution is -2.58. The highest BCUT2D eigenvalue weighted by atomic mass is 16.2. The Labute approximate surface area is 154 Å². The third kappa shape index (κ3) is 3.43. The molecule has 6 nitrogen and oxygen atoms in total. The Bertz CT molecular complexity index is 738. The largest absolute Gasteiger partial charge is 0.368 e. The minimum absolute atomic E-state index is 0.146. The number of nitrogens with one attached hydrogen (secondary N) is 2. The maximum atomic E-state index is 13.0. The fourth-order valence-corrected chi connectivity index (χ4v) is 3.89. The van der Waals surface area contributed by atoms with Crippen LogP contribution < -0.4 is 15.8 Å². The number of hydrazine groups is 1. The molecule has 3 heterocycles. The number of carbonyl (C=O) groups is 1. The van der Waals surface area contributed by atoms with E-state index in [0.717, 1.165) is 31.6 Å². The summed E-state index contributed by atoms with van der Waals surface area (Å²) >= 11 is 0. The lowest BCUT2D eigenvalue weighted by Gasteiger charge is -2.41. The molecule has 2 saturated heterocycles. The average Bonchev–Trinajstić information content (AvgIpc) is 3.19. The van der Waals surface area contributed by atoms with Gasteiger partial charge < -0.3 is 9.80 Å². The maximum Gasteiger partial charge on any atom is 0.241 e. The zero-order valence-corrected chi connectivity index (χ0v) is 15.0. The quantitative estimate of drug-likeness (QED) is 0.882. The fourth-order valence-electron chi connectivity index (χ4n) is 3.89. The molecule has 6 heteroatoms. The van der Waals surface area contributed by atoms with Gasteiger partial charge in [0.25, 0.3) is 0 Å². The highest BCUT2D eigenvalue weighted by Crippen LogP contribution is 2.24. The van der Waals surface area contributed by atoms with Gasteiger partial charge in [-0.2, -0.15) is 0 Å². The summed E-state index contributed by atoms with van der Waals surface area (Å²) in [6.07, 6.45) is 4.34. The van der Waals surface area contributed by atoms with Gasteiger partial charge >= 0.3 is 0 Å². The van der Waals surface area contributed by atoms with Gasteiger partial charge in [0.2, 0.25) is 5.91 Å². The van der Waals surface area contributed by atoms with Crippen LogP contribution in [0.4, 0.5) is 5.69 Å². The molecular formula is C20H25N5O. The molecular weight excluding hydrogens is 326 g/mol. The molecule has 1 aromatic carbocycles.